The van der Waals surface area contributed by atoms with Crippen molar-refractivity contribution in [2.45, 2.75) is 64.3 Å². The van der Waals surface area contributed by atoms with Crippen LogP contribution < -0.4 is 11.1 Å². The highest BCUT2D eigenvalue weighted by molar-refractivity contribution is 5.86. The summed E-state index contributed by atoms with van der Waals surface area (Å²) in [5.41, 5.74) is 5.42. The first kappa shape index (κ1) is 17.0. The average molecular weight is 284 g/mol. The van der Waals surface area contributed by atoms with Gasteiger partial charge in [0.05, 0.1) is 5.54 Å². The molecule has 0 saturated heterocycles. The third kappa shape index (κ3) is 5.49. The number of rotatable bonds is 7. The molecule has 1 aliphatic carbocycles. The number of nitrogens with one attached hydrogen (secondary N) is 1. The Morgan fingerprint density at radius 1 is 1.25 bits per heavy atom. The van der Waals surface area contributed by atoms with Gasteiger partial charge in [0.2, 0.25) is 5.91 Å². The Balaban J connectivity index is 2.48. The number of carboxylic acid groups (broad SMARTS) is 1. The van der Waals surface area contributed by atoms with Gasteiger partial charge < -0.3 is 16.2 Å². The lowest BCUT2D eigenvalue weighted by Gasteiger charge is -2.32. The Hall–Kier alpha value is -1.10. The van der Waals surface area contributed by atoms with Crippen LogP contribution in [0.2, 0.25) is 0 Å². The van der Waals surface area contributed by atoms with Gasteiger partial charge in [-0.15, -0.1) is 0 Å². The summed E-state index contributed by atoms with van der Waals surface area (Å²) in [4.78, 5) is 23.1. The van der Waals surface area contributed by atoms with Gasteiger partial charge in [0.1, 0.15) is 0 Å². The SMILES string of the molecule is CC(C)CC(CNC(=O)C1(N)CCCCC1)CC(=O)O. The van der Waals surface area contributed by atoms with Gasteiger partial charge in [0.15, 0.2) is 0 Å². The summed E-state index contributed by atoms with van der Waals surface area (Å²) in [5, 5.41) is 11.8. The van der Waals surface area contributed by atoms with E-state index in [-0.39, 0.29) is 18.2 Å². The zero-order chi connectivity index (χ0) is 15.2. The van der Waals surface area contributed by atoms with E-state index >= 15 is 0 Å². The Labute approximate surface area is 121 Å². The monoisotopic (exact) mass is 284 g/mol. The lowest BCUT2D eigenvalue weighted by atomic mass is 9.81. The van der Waals surface area contributed by atoms with E-state index < -0.39 is 11.5 Å². The summed E-state index contributed by atoms with van der Waals surface area (Å²) in [5.74, 6) is -0.539. The molecule has 0 aliphatic heterocycles. The highest BCUT2D eigenvalue weighted by Gasteiger charge is 2.35. The summed E-state index contributed by atoms with van der Waals surface area (Å²) in [7, 11) is 0. The molecule has 1 atom stereocenters. The standard InChI is InChI=1S/C15H28N2O3/c1-11(2)8-12(9-13(18)19)10-17-14(20)15(16)6-4-3-5-7-15/h11-12H,3-10,16H2,1-2H3,(H,17,20)(H,18,19). The van der Waals surface area contributed by atoms with Gasteiger partial charge in [-0.2, -0.15) is 0 Å². The molecule has 5 heteroatoms. The van der Waals surface area contributed by atoms with E-state index in [2.05, 4.69) is 19.2 Å². The van der Waals surface area contributed by atoms with Crippen molar-refractivity contribution < 1.29 is 14.7 Å². The molecule has 5 nitrogen and oxygen atoms in total. The van der Waals surface area contributed by atoms with E-state index in [1.54, 1.807) is 0 Å². The van der Waals surface area contributed by atoms with E-state index in [9.17, 15) is 9.59 Å². The molecule has 1 fully saturated rings. The molecule has 1 unspecified atom stereocenters. The second-order valence-electron chi connectivity index (χ2n) is 6.52. The summed E-state index contributed by atoms with van der Waals surface area (Å²) >= 11 is 0. The minimum absolute atomic E-state index is 0.0244. The van der Waals surface area contributed by atoms with Crippen LogP contribution in [0.1, 0.15) is 58.8 Å². The Morgan fingerprint density at radius 3 is 2.35 bits per heavy atom. The molecule has 4 N–H and O–H groups in total. The molecule has 0 heterocycles. The fourth-order valence-electron chi connectivity index (χ4n) is 2.98. The van der Waals surface area contributed by atoms with E-state index in [0.717, 1.165) is 38.5 Å². The minimum atomic E-state index is -0.815. The molecular formula is C15H28N2O3. The van der Waals surface area contributed by atoms with Crippen molar-refractivity contribution in [3.05, 3.63) is 0 Å². The summed E-state index contributed by atoms with van der Waals surface area (Å²) in [6, 6.07) is 0. The lowest BCUT2D eigenvalue weighted by molar-refractivity contribution is -0.138. The smallest absolute Gasteiger partial charge is 0.303 e. The average Bonchev–Trinajstić information content (AvgIpc) is 2.35. The maximum absolute atomic E-state index is 12.2. The van der Waals surface area contributed by atoms with Crippen molar-refractivity contribution in [1.82, 2.24) is 5.32 Å². The van der Waals surface area contributed by atoms with Crippen LogP contribution >= 0.6 is 0 Å². The number of carbonyl (C=O) groups excluding carboxylic acids is 1. The van der Waals surface area contributed by atoms with Crippen molar-refractivity contribution >= 4 is 11.9 Å². The molecule has 0 aromatic carbocycles. The van der Waals surface area contributed by atoms with Gasteiger partial charge in [-0.05, 0) is 31.1 Å². The quantitative estimate of drug-likeness (QED) is 0.665. The lowest BCUT2D eigenvalue weighted by Crippen LogP contribution is -2.55. The van der Waals surface area contributed by atoms with Crippen LogP contribution in [0.3, 0.4) is 0 Å². The Bertz CT molecular complexity index is 336. The molecule has 1 amide bonds. The van der Waals surface area contributed by atoms with Gasteiger partial charge in [0, 0.05) is 13.0 Å². The molecular weight excluding hydrogens is 256 g/mol. The zero-order valence-electron chi connectivity index (χ0n) is 12.7. The number of carbonyl (C=O) groups is 2. The molecule has 0 spiro atoms. The highest BCUT2D eigenvalue weighted by Crippen LogP contribution is 2.26. The topological polar surface area (TPSA) is 92.4 Å². The van der Waals surface area contributed by atoms with Gasteiger partial charge in [-0.25, -0.2) is 0 Å². The second-order valence-corrected chi connectivity index (χ2v) is 6.52. The van der Waals surface area contributed by atoms with Crippen molar-refractivity contribution in [3.8, 4) is 0 Å². The number of hydrogen-bond donors (Lipinski definition) is 3. The minimum Gasteiger partial charge on any atom is -0.481 e. The molecule has 20 heavy (non-hydrogen) atoms. The van der Waals surface area contributed by atoms with E-state index in [1.807, 2.05) is 0 Å². The van der Waals surface area contributed by atoms with Gasteiger partial charge in [-0.1, -0.05) is 33.1 Å². The first-order chi connectivity index (χ1) is 9.33. The van der Waals surface area contributed by atoms with Crippen LogP contribution in [0.15, 0.2) is 0 Å². The number of carboxylic acids is 1. The van der Waals surface area contributed by atoms with Crippen molar-refractivity contribution in [2.75, 3.05) is 6.54 Å². The van der Waals surface area contributed by atoms with Gasteiger partial charge in [-0.3, -0.25) is 9.59 Å². The van der Waals surface area contributed by atoms with Crippen LogP contribution in [0, 0.1) is 11.8 Å². The predicted molar refractivity (Wildman–Crippen MR) is 78.2 cm³/mol. The number of hydrogen-bond acceptors (Lipinski definition) is 3. The van der Waals surface area contributed by atoms with Crippen LogP contribution in [-0.4, -0.2) is 29.1 Å². The van der Waals surface area contributed by atoms with E-state index in [1.165, 1.54) is 0 Å². The fraction of sp³-hybridized carbons (Fsp3) is 0.867. The largest absolute Gasteiger partial charge is 0.481 e. The van der Waals surface area contributed by atoms with Crippen molar-refractivity contribution in [1.29, 1.82) is 0 Å². The number of nitrogens with two attached hydrogens (primary N) is 1. The van der Waals surface area contributed by atoms with Crippen LogP contribution in [0.4, 0.5) is 0 Å². The van der Waals surface area contributed by atoms with E-state index in [0.29, 0.717) is 12.5 Å². The van der Waals surface area contributed by atoms with Crippen LogP contribution in [0.25, 0.3) is 0 Å². The van der Waals surface area contributed by atoms with Gasteiger partial charge >= 0.3 is 5.97 Å². The summed E-state index contributed by atoms with van der Waals surface area (Å²) < 4.78 is 0. The summed E-state index contributed by atoms with van der Waals surface area (Å²) in [6.45, 7) is 4.52. The second kappa shape index (κ2) is 7.62. The van der Waals surface area contributed by atoms with Crippen molar-refractivity contribution in [2.24, 2.45) is 17.6 Å². The van der Waals surface area contributed by atoms with Crippen LogP contribution in [-0.2, 0) is 9.59 Å². The first-order valence-corrected chi connectivity index (χ1v) is 7.62. The molecule has 116 valence electrons. The fourth-order valence-corrected chi connectivity index (χ4v) is 2.98. The molecule has 1 rings (SSSR count). The first-order valence-electron chi connectivity index (χ1n) is 7.62. The molecule has 0 aromatic rings. The number of amides is 1. The number of aliphatic carboxylic acids is 1. The third-order valence-corrected chi connectivity index (χ3v) is 4.02. The van der Waals surface area contributed by atoms with Gasteiger partial charge in [0.25, 0.3) is 0 Å². The normalized spacial score (nSPS) is 19.6. The van der Waals surface area contributed by atoms with E-state index in [4.69, 9.17) is 10.8 Å². The molecule has 1 aliphatic rings. The zero-order valence-corrected chi connectivity index (χ0v) is 12.7. The maximum Gasteiger partial charge on any atom is 0.303 e. The third-order valence-electron chi connectivity index (χ3n) is 4.02. The summed E-state index contributed by atoms with van der Waals surface area (Å²) in [6.07, 6.45) is 5.48. The molecule has 0 bridgehead atoms. The molecule has 0 aromatic heterocycles. The Kier molecular flexibility index (Phi) is 6.46. The molecule has 0 radical (unpaired) electrons. The Morgan fingerprint density at radius 2 is 1.85 bits per heavy atom. The predicted octanol–water partition coefficient (Wildman–Crippen LogP) is 1.90. The van der Waals surface area contributed by atoms with Crippen LogP contribution in [0.5, 0.6) is 0 Å². The van der Waals surface area contributed by atoms with Crippen molar-refractivity contribution in [3.63, 3.8) is 0 Å². The molecule has 1 saturated carbocycles. The maximum atomic E-state index is 12.2. The highest BCUT2D eigenvalue weighted by atomic mass is 16.4.